The Kier molecular flexibility index (Phi) is 3.29. The molecule has 1 fully saturated rings. The summed E-state index contributed by atoms with van der Waals surface area (Å²) in [5.74, 6) is 1.48. The van der Waals surface area contributed by atoms with Gasteiger partial charge in [-0.2, -0.15) is 11.8 Å². The number of hydrogen-bond acceptors (Lipinski definition) is 1. The van der Waals surface area contributed by atoms with E-state index in [1.807, 2.05) is 0 Å². The van der Waals surface area contributed by atoms with Crippen LogP contribution in [-0.4, -0.2) is 17.2 Å². The van der Waals surface area contributed by atoms with Gasteiger partial charge in [0.05, 0.1) is 0 Å². The van der Waals surface area contributed by atoms with Crippen molar-refractivity contribution in [1.29, 1.82) is 0 Å². The molecular formula is C12H14F2S. The number of rotatable bonds is 2. The zero-order valence-electron chi connectivity index (χ0n) is 8.51. The fourth-order valence-corrected chi connectivity index (χ4v) is 3.15. The van der Waals surface area contributed by atoms with Crippen LogP contribution in [0.4, 0.5) is 8.78 Å². The van der Waals surface area contributed by atoms with Crippen LogP contribution in [0, 0.1) is 5.82 Å². The van der Waals surface area contributed by atoms with Gasteiger partial charge in [-0.15, -0.1) is 0 Å². The average molecular weight is 228 g/mol. The second-order valence-corrected chi connectivity index (χ2v) is 5.29. The van der Waals surface area contributed by atoms with Gasteiger partial charge in [0.15, 0.2) is 0 Å². The minimum Gasteiger partial charge on any atom is -0.243 e. The first-order valence-corrected chi connectivity index (χ1v) is 6.35. The van der Waals surface area contributed by atoms with Crippen LogP contribution in [0.25, 0.3) is 0 Å². The Morgan fingerprint density at radius 1 is 1.27 bits per heavy atom. The van der Waals surface area contributed by atoms with Gasteiger partial charge in [-0.3, -0.25) is 0 Å². The maximum atomic E-state index is 14.3. The molecule has 1 aliphatic rings. The molecule has 0 bridgehead atoms. The maximum Gasteiger partial charge on any atom is 0.123 e. The number of halogens is 2. The first kappa shape index (κ1) is 10.9. The zero-order valence-corrected chi connectivity index (χ0v) is 9.33. The van der Waals surface area contributed by atoms with Crippen molar-refractivity contribution in [2.75, 3.05) is 11.5 Å². The van der Waals surface area contributed by atoms with Crippen LogP contribution in [0.3, 0.4) is 0 Å². The van der Waals surface area contributed by atoms with E-state index >= 15 is 0 Å². The van der Waals surface area contributed by atoms with Crippen LogP contribution < -0.4 is 0 Å². The van der Waals surface area contributed by atoms with Crippen LogP contribution in [0.2, 0.25) is 0 Å². The predicted octanol–water partition coefficient (Wildman–Crippen LogP) is 3.60. The van der Waals surface area contributed by atoms with Crippen LogP contribution in [-0.2, 0) is 6.42 Å². The van der Waals surface area contributed by atoms with Gasteiger partial charge < -0.3 is 0 Å². The van der Waals surface area contributed by atoms with Crippen LogP contribution >= 0.6 is 11.8 Å². The number of alkyl halides is 1. The third kappa shape index (κ3) is 2.94. The molecule has 1 aromatic rings. The summed E-state index contributed by atoms with van der Waals surface area (Å²) in [7, 11) is 0. The zero-order chi connectivity index (χ0) is 10.7. The van der Waals surface area contributed by atoms with Crippen molar-refractivity contribution in [3.8, 4) is 0 Å². The van der Waals surface area contributed by atoms with E-state index in [4.69, 9.17) is 0 Å². The topological polar surface area (TPSA) is 0 Å². The molecule has 1 aromatic carbocycles. The molecular weight excluding hydrogens is 214 g/mol. The second kappa shape index (κ2) is 4.52. The Hall–Kier alpha value is -0.570. The quantitative estimate of drug-likeness (QED) is 0.745. The lowest BCUT2D eigenvalue weighted by atomic mass is 9.91. The summed E-state index contributed by atoms with van der Waals surface area (Å²) < 4.78 is 27.2. The third-order valence-corrected chi connectivity index (χ3v) is 3.78. The number of benzene rings is 1. The van der Waals surface area contributed by atoms with E-state index in [2.05, 4.69) is 0 Å². The van der Waals surface area contributed by atoms with Gasteiger partial charge in [-0.05, 0) is 42.0 Å². The van der Waals surface area contributed by atoms with Gasteiger partial charge in [0, 0.05) is 6.42 Å². The molecule has 1 aliphatic heterocycles. The average Bonchev–Trinajstić information content (AvgIpc) is 2.18. The molecule has 2 rings (SSSR count). The molecule has 0 saturated carbocycles. The van der Waals surface area contributed by atoms with Gasteiger partial charge in [0.25, 0.3) is 0 Å². The molecule has 1 heterocycles. The summed E-state index contributed by atoms with van der Waals surface area (Å²) in [5.41, 5.74) is -0.344. The first-order chi connectivity index (χ1) is 7.18. The van der Waals surface area contributed by atoms with Gasteiger partial charge in [0.2, 0.25) is 0 Å². The SMILES string of the molecule is Fc1cccc(CC2(F)CCSCC2)c1. The molecule has 0 unspecified atom stereocenters. The summed E-state index contributed by atoms with van der Waals surface area (Å²) in [6, 6.07) is 6.27. The van der Waals surface area contributed by atoms with Gasteiger partial charge in [-0.25, -0.2) is 8.78 Å². The molecule has 0 radical (unpaired) electrons. The molecule has 82 valence electrons. The molecule has 0 aromatic heterocycles. The van der Waals surface area contributed by atoms with Crippen LogP contribution in [0.1, 0.15) is 18.4 Å². The van der Waals surface area contributed by atoms with E-state index in [1.54, 1.807) is 23.9 Å². The van der Waals surface area contributed by atoms with E-state index in [0.29, 0.717) is 19.3 Å². The number of hydrogen-bond donors (Lipinski definition) is 0. The molecule has 15 heavy (non-hydrogen) atoms. The number of thioether (sulfide) groups is 1. The third-order valence-electron chi connectivity index (χ3n) is 2.80. The van der Waals surface area contributed by atoms with E-state index in [9.17, 15) is 8.78 Å². The summed E-state index contributed by atoms with van der Waals surface area (Å²) in [6.07, 6.45) is 1.54. The van der Waals surface area contributed by atoms with Crippen LogP contribution in [0.5, 0.6) is 0 Å². The maximum absolute atomic E-state index is 14.3. The highest BCUT2D eigenvalue weighted by Gasteiger charge is 2.32. The summed E-state index contributed by atoms with van der Waals surface area (Å²) in [4.78, 5) is 0. The van der Waals surface area contributed by atoms with E-state index < -0.39 is 5.67 Å². The monoisotopic (exact) mass is 228 g/mol. The van der Waals surface area contributed by atoms with E-state index in [-0.39, 0.29) is 5.82 Å². The highest BCUT2D eigenvalue weighted by Crippen LogP contribution is 2.33. The van der Waals surface area contributed by atoms with Gasteiger partial charge in [-0.1, -0.05) is 12.1 Å². The van der Waals surface area contributed by atoms with Crippen molar-refractivity contribution in [1.82, 2.24) is 0 Å². The minimum absolute atomic E-state index is 0.277. The highest BCUT2D eigenvalue weighted by atomic mass is 32.2. The van der Waals surface area contributed by atoms with Crippen molar-refractivity contribution in [3.63, 3.8) is 0 Å². The molecule has 0 amide bonds. The molecule has 3 heteroatoms. The fraction of sp³-hybridized carbons (Fsp3) is 0.500. The molecule has 0 aliphatic carbocycles. The van der Waals surface area contributed by atoms with Crippen molar-refractivity contribution in [2.45, 2.75) is 24.9 Å². The largest absolute Gasteiger partial charge is 0.243 e. The predicted molar refractivity (Wildman–Crippen MR) is 60.5 cm³/mol. The molecule has 0 spiro atoms. The highest BCUT2D eigenvalue weighted by molar-refractivity contribution is 7.99. The molecule has 0 nitrogen and oxygen atoms in total. The Morgan fingerprint density at radius 2 is 2.00 bits per heavy atom. The van der Waals surface area contributed by atoms with Crippen LogP contribution in [0.15, 0.2) is 24.3 Å². The van der Waals surface area contributed by atoms with E-state index in [1.165, 1.54) is 12.1 Å². The minimum atomic E-state index is -1.11. The van der Waals surface area contributed by atoms with Crippen molar-refractivity contribution >= 4 is 11.8 Å². The van der Waals surface area contributed by atoms with Crippen molar-refractivity contribution in [3.05, 3.63) is 35.6 Å². The van der Waals surface area contributed by atoms with Crippen molar-refractivity contribution in [2.24, 2.45) is 0 Å². The lowest BCUT2D eigenvalue weighted by Gasteiger charge is -2.29. The lowest BCUT2D eigenvalue weighted by molar-refractivity contribution is 0.150. The standard InChI is InChI=1S/C12H14F2S/c13-11-3-1-2-10(8-11)9-12(14)4-6-15-7-5-12/h1-3,8H,4-7,9H2. The first-order valence-electron chi connectivity index (χ1n) is 5.19. The Bertz CT molecular complexity index is 332. The summed E-state index contributed by atoms with van der Waals surface area (Å²) >= 11 is 1.80. The van der Waals surface area contributed by atoms with Gasteiger partial charge in [0.1, 0.15) is 11.5 Å². The Morgan fingerprint density at radius 3 is 2.67 bits per heavy atom. The lowest BCUT2D eigenvalue weighted by Crippen LogP contribution is -2.30. The Labute approximate surface area is 93.1 Å². The van der Waals surface area contributed by atoms with E-state index in [0.717, 1.165) is 17.1 Å². The second-order valence-electron chi connectivity index (χ2n) is 4.07. The molecule has 0 N–H and O–H groups in total. The van der Waals surface area contributed by atoms with Crippen molar-refractivity contribution < 1.29 is 8.78 Å². The summed E-state index contributed by atoms with van der Waals surface area (Å²) in [5, 5.41) is 0. The van der Waals surface area contributed by atoms with Gasteiger partial charge >= 0.3 is 0 Å². The normalized spacial score (nSPS) is 20.1. The Balaban J connectivity index is 2.06. The molecule has 0 atom stereocenters. The fourth-order valence-electron chi connectivity index (χ4n) is 1.93. The smallest absolute Gasteiger partial charge is 0.123 e. The summed E-state index contributed by atoms with van der Waals surface area (Å²) in [6.45, 7) is 0. The molecule has 1 saturated heterocycles.